The van der Waals surface area contributed by atoms with Crippen LogP contribution in [0.25, 0.3) is 0 Å². The van der Waals surface area contributed by atoms with Crippen LogP contribution < -0.4 is 5.32 Å². The van der Waals surface area contributed by atoms with Gasteiger partial charge < -0.3 is 10.2 Å². The van der Waals surface area contributed by atoms with Gasteiger partial charge in [0, 0.05) is 38.4 Å². The highest BCUT2D eigenvalue weighted by Crippen LogP contribution is 2.26. The molecule has 1 N–H and O–H groups in total. The third-order valence-electron chi connectivity index (χ3n) is 5.88. The molecule has 0 radical (unpaired) electrons. The molecule has 26 heavy (non-hydrogen) atoms. The van der Waals surface area contributed by atoms with Gasteiger partial charge >= 0.3 is 6.03 Å². The van der Waals surface area contributed by atoms with Crippen LogP contribution in [0.4, 0.5) is 4.79 Å². The fourth-order valence-electron chi connectivity index (χ4n) is 4.29. The number of urea groups is 1. The predicted octanol–water partition coefficient (Wildman–Crippen LogP) is 3.73. The monoisotopic (exact) mass is 383 g/mol. The quantitative estimate of drug-likeness (QED) is 0.659. The Morgan fingerprint density at radius 3 is 2.58 bits per heavy atom. The van der Waals surface area contributed by atoms with Crippen LogP contribution in [0.1, 0.15) is 65.2 Å². The number of nitrogens with one attached hydrogen (secondary N) is 1. The summed E-state index contributed by atoms with van der Waals surface area (Å²) in [6, 6.07) is 0.531. The largest absolute Gasteiger partial charge is 0.336 e. The molecule has 2 rings (SSSR count). The summed E-state index contributed by atoms with van der Waals surface area (Å²) in [4.78, 5) is 28.3. The van der Waals surface area contributed by atoms with Gasteiger partial charge in [-0.25, -0.2) is 4.79 Å². The van der Waals surface area contributed by atoms with Crippen molar-refractivity contribution >= 4 is 22.9 Å². The average molecular weight is 384 g/mol. The minimum atomic E-state index is 0.0490. The number of rotatable bonds is 9. The lowest BCUT2D eigenvalue weighted by molar-refractivity contribution is -0.109. The molecule has 1 saturated carbocycles. The topological polar surface area (TPSA) is 52.7 Å². The Morgan fingerprint density at radius 1 is 1.12 bits per heavy atom. The molecule has 5 nitrogen and oxygen atoms in total. The second-order valence-corrected chi connectivity index (χ2v) is 9.00. The molecular formula is C20H37N3O2S. The first-order valence-corrected chi connectivity index (χ1v) is 11.5. The van der Waals surface area contributed by atoms with Crippen LogP contribution in [0.3, 0.4) is 0 Å². The van der Waals surface area contributed by atoms with E-state index in [1.807, 2.05) is 4.90 Å². The van der Waals surface area contributed by atoms with Gasteiger partial charge in [-0.1, -0.05) is 50.8 Å². The van der Waals surface area contributed by atoms with Crippen molar-refractivity contribution < 1.29 is 9.59 Å². The highest BCUT2D eigenvalue weighted by molar-refractivity contribution is 8.13. The van der Waals surface area contributed by atoms with Gasteiger partial charge in [0.15, 0.2) is 5.12 Å². The first-order valence-electron chi connectivity index (χ1n) is 10.5. The van der Waals surface area contributed by atoms with E-state index in [-0.39, 0.29) is 11.1 Å². The Balaban J connectivity index is 1.79. The molecule has 0 bridgehead atoms. The van der Waals surface area contributed by atoms with Crippen molar-refractivity contribution in [1.29, 1.82) is 0 Å². The molecule has 1 saturated heterocycles. The molecule has 0 aromatic rings. The molecule has 2 aliphatic rings. The van der Waals surface area contributed by atoms with Crippen LogP contribution >= 0.6 is 11.8 Å². The van der Waals surface area contributed by atoms with E-state index in [2.05, 4.69) is 17.1 Å². The molecule has 2 amide bonds. The van der Waals surface area contributed by atoms with E-state index in [9.17, 15) is 9.59 Å². The number of amides is 2. The summed E-state index contributed by atoms with van der Waals surface area (Å²) >= 11 is 1.32. The number of carbonyl (C=O) groups is 2. The van der Waals surface area contributed by atoms with Gasteiger partial charge in [-0.3, -0.25) is 9.69 Å². The predicted molar refractivity (Wildman–Crippen MR) is 110 cm³/mol. The minimum absolute atomic E-state index is 0.0490. The normalized spacial score (nSPS) is 21.7. The summed E-state index contributed by atoms with van der Waals surface area (Å²) < 4.78 is 0. The molecule has 2 fully saturated rings. The number of nitrogens with zero attached hydrogens (tertiary/aromatic N) is 2. The summed E-state index contributed by atoms with van der Waals surface area (Å²) in [5.74, 6) is 1.46. The second-order valence-electron chi connectivity index (χ2n) is 7.73. The van der Waals surface area contributed by atoms with E-state index in [0.717, 1.165) is 38.5 Å². The van der Waals surface area contributed by atoms with Gasteiger partial charge in [0.25, 0.3) is 0 Å². The lowest BCUT2D eigenvalue weighted by atomic mass is 9.87. The fraction of sp³-hybridized carbons (Fsp3) is 0.900. The number of likely N-dealkylation sites (N-methyl/N-ethyl adjacent to an activating group) is 1. The zero-order valence-electron chi connectivity index (χ0n) is 16.7. The van der Waals surface area contributed by atoms with Crippen molar-refractivity contribution in [3.63, 3.8) is 0 Å². The number of carbonyl (C=O) groups excluding carboxylic acids is 2. The minimum Gasteiger partial charge on any atom is -0.336 e. The maximum atomic E-state index is 12.7. The average Bonchev–Trinajstić information content (AvgIpc) is 3.10. The van der Waals surface area contributed by atoms with Crippen LogP contribution in [0.2, 0.25) is 0 Å². The molecule has 150 valence electrons. The molecule has 1 aliphatic heterocycles. The van der Waals surface area contributed by atoms with E-state index >= 15 is 0 Å². The van der Waals surface area contributed by atoms with Gasteiger partial charge in [-0.15, -0.1) is 0 Å². The fourth-order valence-corrected chi connectivity index (χ4v) is 4.89. The third-order valence-corrected chi connectivity index (χ3v) is 6.67. The van der Waals surface area contributed by atoms with E-state index in [1.54, 1.807) is 6.92 Å². The van der Waals surface area contributed by atoms with E-state index in [4.69, 9.17) is 0 Å². The smallest absolute Gasteiger partial charge is 0.317 e. The third kappa shape index (κ3) is 7.47. The number of likely N-dealkylation sites (tertiary alicyclic amines) is 1. The Kier molecular flexibility index (Phi) is 9.83. The van der Waals surface area contributed by atoms with E-state index < -0.39 is 0 Å². The molecule has 0 aromatic heterocycles. The second kappa shape index (κ2) is 11.9. The molecule has 0 unspecified atom stereocenters. The summed E-state index contributed by atoms with van der Waals surface area (Å²) in [5.41, 5.74) is 0. The molecule has 1 aliphatic carbocycles. The molecule has 1 heterocycles. The Bertz CT molecular complexity index is 441. The molecular weight excluding hydrogens is 346 g/mol. The summed E-state index contributed by atoms with van der Waals surface area (Å²) in [6.45, 7) is 8.21. The van der Waals surface area contributed by atoms with Gasteiger partial charge in [-0.2, -0.15) is 0 Å². The standard InChI is InChI=1S/C20H37N3O2S/c1-3-22-12-7-10-19(22)16-21-20(25)23(14-15-26-17(2)24)13-11-18-8-5-4-6-9-18/h18-19H,3-16H2,1-2H3,(H,21,25)/t19-/m0/s1. The van der Waals surface area contributed by atoms with Crippen molar-refractivity contribution in [3.8, 4) is 0 Å². The van der Waals surface area contributed by atoms with Crippen LogP contribution in [-0.2, 0) is 4.79 Å². The maximum absolute atomic E-state index is 12.7. The first-order chi connectivity index (χ1) is 12.6. The highest BCUT2D eigenvalue weighted by Gasteiger charge is 2.24. The van der Waals surface area contributed by atoms with Crippen LogP contribution in [-0.4, -0.2) is 65.5 Å². The first kappa shape index (κ1) is 21.5. The van der Waals surface area contributed by atoms with Gasteiger partial charge in [0.05, 0.1) is 0 Å². The van der Waals surface area contributed by atoms with Gasteiger partial charge in [0.1, 0.15) is 0 Å². The Labute approximate surface area is 163 Å². The van der Waals surface area contributed by atoms with Crippen molar-refractivity contribution in [1.82, 2.24) is 15.1 Å². The zero-order valence-corrected chi connectivity index (χ0v) is 17.5. The van der Waals surface area contributed by atoms with Crippen LogP contribution in [0, 0.1) is 5.92 Å². The zero-order chi connectivity index (χ0) is 18.8. The summed E-state index contributed by atoms with van der Waals surface area (Å²) in [7, 11) is 0. The van der Waals surface area contributed by atoms with Crippen molar-refractivity contribution in [2.75, 3.05) is 38.5 Å². The number of hydrogen-bond donors (Lipinski definition) is 1. The lowest BCUT2D eigenvalue weighted by Crippen LogP contribution is -2.47. The summed E-state index contributed by atoms with van der Waals surface area (Å²) in [5, 5.41) is 3.29. The summed E-state index contributed by atoms with van der Waals surface area (Å²) in [6.07, 6.45) is 10.2. The molecule has 0 spiro atoms. The maximum Gasteiger partial charge on any atom is 0.317 e. The highest BCUT2D eigenvalue weighted by atomic mass is 32.2. The van der Waals surface area contributed by atoms with Crippen molar-refractivity contribution in [2.24, 2.45) is 5.92 Å². The van der Waals surface area contributed by atoms with Crippen LogP contribution in [0.5, 0.6) is 0 Å². The SMILES string of the molecule is CCN1CCC[C@H]1CNC(=O)N(CCSC(C)=O)CCC1CCCCC1. The van der Waals surface area contributed by atoms with Crippen molar-refractivity contribution in [2.45, 2.75) is 71.3 Å². The Morgan fingerprint density at radius 2 is 1.88 bits per heavy atom. The van der Waals surface area contributed by atoms with E-state index in [0.29, 0.717) is 18.3 Å². The molecule has 1 atom stereocenters. The molecule has 0 aromatic carbocycles. The lowest BCUT2D eigenvalue weighted by Gasteiger charge is -2.29. The number of thioether (sulfide) groups is 1. The molecule has 6 heteroatoms. The Hall–Kier alpha value is -0.750. The van der Waals surface area contributed by atoms with Gasteiger partial charge in [0.2, 0.25) is 0 Å². The van der Waals surface area contributed by atoms with Crippen molar-refractivity contribution in [3.05, 3.63) is 0 Å². The number of hydrogen-bond acceptors (Lipinski definition) is 4. The van der Waals surface area contributed by atoms with E-state index in [1.165, 1.54) is 56.7 Å². The van der Waals surface area contributed by atoms with Gasteiger partial charge in [-0.05, 0) is 38.3 Å². The van der Waals surface area contributed by atoms with Crippen LogP contribution in [0.15, 0.2) is 0 Å².